The summed E-state index contributed by atoms with van der Waals surface area (Å²) in [5.74, 6) is 0.490. The zero-order valence-electron chi connectivity index (χ0n) is 15.3. The van der Waals surface area contributed by atoms with Gasteiger partial charge in [0.2, 0.25) is 5.13 Å². The molecule has 2 heterocycles. The van der Waals surface area contributed by atoms with Gasteiger partial charge in [-0.2, -0.15) is 0 Å². The van der Waals surface area contributed by atoms with Gasteiger partial charge >= 0.3 is 0 Å². The highest BCUT2D eigenvalue weighted by molar-refractivity contribution is 7.13. The van der Waals surface area contributed by atoms with Gasteiger partial charge in [-0.3, -0.25) is 15.0 Å². The van der Waals surface area contributed by atoms with Crippen molar-refractivity contribution < 1.29 is 4.79 Å². The van der Waals surface area contributed by atoms with Crippen molar-refractivity contribution in [3.8, 4) is 0 Å². The summed E-state index contributed by atoms with van der Waals surface area (Å²) in [5, 5.41) is 14.0. The monoisotopic (exact) mass is 382 g/mol. The van der Waals surface area contributed by atoms with Crippen LogP contribution in [0.15, 0.2) is 54.2 Å². The van der Waals surface area contributed by atoms with E-state index in [0.717, 1.165) is 18.9 Å². The van der Waals surface area contributed by atoms with Crippen LogP contribution in [0.4, 0.5) is 10.9 Å². The van der Waals surface area contributed by atoms with Crippen molar-refractivity contribution in [2.75, 3.05) is 24.2 Å². The van der Waals surface area contributed by atoms with Crippen LogP contribution < -0.4 is 10.6 Å². The molecule has 0 radical (unpaired) electrons. The third-order valence-electron chi connectivity index (χ3n) is 4.21. The minimum atomic E-state index is -0.248. The second-order valence-electron chi connectivity index (χ2n) is 6.26. The van der Waals surface area contributed by atoms with E-state index in [0.29, 0.717) is 16.7 Å². The van der Waals surface area contributed by atoms with Crippen LogP contribution in [0, 0.1) is 0 Å². The maximum absolute atomic E-state index is 12.1. The molecule has 2 aromatic heterocycles. The van der Waals surface area contributed by atoms with Gasteiger partial charge in [0.15, 0.2) is 0 Å². The summed E-state index contributed by atoms with van der Waals surface area (Å²) >= 11 is 1.27. The van der Waals surface area contributed by atoms with E-state index in [9.17, 15) is 4.79 Å². The second-order valence-corrected chi connectivity index (χ2v) is 7.09. The molecule has 3 aromatic rings. The Bertz CT molecular complexity index is 838. The highest BCUT2D eigenvalue weighted by Crippen LogP contribution is 2.12. The van der Waals surface area contributed by atoms with Crippen molar-refractivity contribution in [3.05, 3.63) is 65.3 Å². The molecule has 0 saturated heterocycles. The Labute approximate surface area is 162 Å². The Hall–Kier alpha value is -2.84. The summed E-state index contributed by atoms with van der Waals surface area (Å²) in [6.45, 7) is 3.81. The fourth-order valence-corrected chi connectivity index (χ4v) is 2.90. The quantitative estimate of drug-likeness (QED) is 0.623. The number of likely N-dealkylation sites (N-methyl/N-ethyl adjacent to an activating group) is 1. The van der Waals surface area contributed by atoms with E-state index in [1.165, 1.54) is 16.9 Å². The van der Waals surface area contributed by atoms with Crippen LogP contribution in [0.3, 0.4) is 0 Å². The van der Waals surface area contributed by atoms with E-state index >= 15 is 0 Å². The fraction of sp³-hybridized carbons (Fsp3) is 0.263. The summed E-state index contributed by atoms with van der Waals surface area (Å²) in [6, 6.07) is 14.3. The number of nitrogens with one attached hydrogen (secondary N) is 2. The number of hydrogen-bond donors (Lipinski definition) is 2. The molecule has 1 unspecified atom stereocenters. The molecule has 0 spiro atoms. The summed E-state index contributed by atoms with van der Waals surface area (Å²) in [7, 11) is 2.10. The van der Waals surface area contributed by atoms with Gasteiger partial charge in [-0.05, 0) is 31.7 Å². The third kappa shape index (κ3) is 5.57. The van der Waals surface area contributed by atoms with Crippen LogP contribution >= 0.6 is 11.3 Å². The van der Waals surface area contributed by atoms with Crippen molar-refractivity contribution in [3.63, 3.8) is 0 Å². The number of carbonyl (C=O) groups is 1. The number of aromatic nitrogens is 3. The Balaban J connectivity index is 1.48. The van der Waals surface area contributed by atoms with Crippen molar-refractivity contribution in [1.82, 2.24) is 20.1 Å². The number of hydrogen-bond acceptors (Lipinski definition) is 7. The van der Waals surface area contributed by atoms with Gasteiger partial charge in [-0.25, -0.2) is 4.98 Å². The van der Waals surface area contributed by atoms with E-state index < -0.39 is 0 Å². The van der Waals surface area contributed by atoms with E-state index in [4.69, 9.17) is 0 Å². The zero-order valence-corrected chi connectivity index (χ0v) is 16.1. The van der Waals surface area contributed by atoms with Gasteiger partial charge in [0.25, 0.3) is 5.91 Å². The van der Waals surface area contributed by atoms with Crippen LogP contribution in [0.25, 0.3) is 0 Å². The van der Waals surface area contributed by atoms with Gasteiger partial charge in [0, 0.05) is 25.3 Å². The average Bonchev–Trinajstić information content (AvgIpc) is 3.20. The molecule has 0 fully saturated rings. The number of rotatable bonds is 8. The minimum Gasteiger partial charge on any atom is -0.369 e. The standard InChI is InChI=1S/C19H22N6OS/c1-14(25(2)12-15-6-4-3-5-7-15)10-20-17-9-8-16(11-21-17)18(26)23-19-24-22-13-27-19/h3-9,11,13-14H,10,12H2,1-2H3,(H,20,21)(H,23,24,26). The lowest BCUT2D eigenvalue weighted by Crippen LogP contribution is -2.34. The van der Waals surface area contributed by atoms with Gasteiger partial charge in [-0.15, -0.1) is 10.2 Å². The van der Waals surface area contributed by atoms with Crippen LogP contribution in [0.1, 0.15) is 22.8 Å². The van der Waals surface area contributed by atoms with Gasteiger partial charge in [-0.1, -0.05) is 41.7 Å². The second kappa shape index (κ2) is 9.20. The van der Waals surface area contributed by atoms with Gasteiger partial charge in [0.05, 0.1) is 5.56 Å². The number of amides is 1. The topological polar surface area (TPSA) is 83.0 Å². The molecule has 1 atom stereocenters. The largest absolute Gasteiger partial charge is 0.369 e. The van der Waals surface area contributed by atoms with E-state index in [1.54, 1.807) is 23.8 Å². The Morgan fingerprint density at radius 1 is 1.22 bits per heavy atom. The van der Waals surface area contributed by atoms with E-state index in [1.807, 2.05) is 6.07 Å². The molecule has 7 nitrogen and oxygen atoms in total. The highest BCUT2D eigenvalue weighted by Gasteiger charge is 2.11. The first-order chi connectivity index (χ1) is 13.1. The van der Waals surface area contributed by atoms with Crippen LogP contribution in [0.5, 0.6) is 0 Å². The summed E-state index contributed by atoms with van der Waals surface area (Å²) in [6.07, 6.45) is 1.55. The molecule has 0 aliphatic rings. The molecule has 0 aliphatic carbocycles. The summed E-state index contributed by atoms with van der Waals surface area (Å²) < 4.78 is 0. The number of nitrogens with zero attached hydrogens (tertiary/aromatic N) is 4. The van der Waals surface area contributed by atoms with Crippen LogP contribution in [-0.4, -0.2) is 45.6 Å². The molecule has 140 valence electrons. The van der Waals surface area contributed by atoms with Gasteiger partial charge < -0.3 is 5.32 Å². The Morgan fingerprint density at radius 3 is 2.70 bits per heavy atom. The maximum Gasteiger partial charge on any atom is 0.259 e. The molecule has 2 N–H and O–H groups in total. The molecule has 27 heavy (non-hydrogen) atoms. The lowest BCUT2D eigenvalue weighted by atomic mass is 10.2. The van der Waals surface area contributed by atoms with Crippen molar-refractivity contribution >= 4 is 28.2 Å². The number of carbonyl (C=O) groups excluding carboxylic acids is 1. The molecule has 0 aliphatic heterocycles. The van der Waals surface area contributed by atoms with Crippen LogP contribution in [-0.2, 0) is 6.54 Å². The molecule has 1 amide bonds. The first-order valence-corrected chi connectivity index (χ1v) is 9.51. The SMILES string of the molecule is CC(CNc1ccc(C(=O)Nc2nncs2)cn1)N(C)Cc1ccccc1. The summed E-state index contributed by atoms with van der Waals surface area (Å²) in [5.41, 5.74) is 3.33. The molecule has 0 bridgehead atoms. The average molecular weight is 382 g/mol. The first kappa shape index (κ1) is 18.9. The number of benzene rings is 1. The predicted molar refractivity (Wildman–Crippen MR) is 108 cm³/mol. The van der Waals surface area contributed by atoms with Crippen molar-refractivity contribution in [2.45, 2.75) is 19.5 Å². The van der Waals surface area contributed by atoms with Crippen LogP contribution in [0.2, 0.25) is 0 Å². The first-order valence-electron chi connectivity index (χ1n) is 8.63. The van der Waals surface area contributed by atoms with Crippen molar-refractivity contribution in [1.29, 1.82) is 0 Å². The smallest absolute Gasteiger partial charge is 0.259 e. The normalized spacial score (nSPS) is 12.0. The van der Waals surface area contributed by atoms with Crippen molar-refractivity contribution in [2.24, 2.45) is 0 Å². The third-order valence-corrected chi connectivity index (χ3v) is 4.82. The number of pyridine rings is 1. The molecular formula is C19H22N6OS. The minimum absolute atomic E-state index is 0.248. The Morgan fingerprint density at radius 2 is 2.04 bits per heavy atom. The summed E-state index contributed by atoms with van der Waals surface area (Å²) in [4.78, 5) is 18.7. The van der Waals surface area contributed by atoms with Gasteiger partial charge in [0.1, 0.15) is 11.3 Å². The molecule has 0 saturated carbocycles. The fourth-order valence-electron chi connectivity index (χ4n) is 2.46. The van der Waals surface area contributed by atoms with E-state index in [2.05, 4.69) is 69.0 Å². The molecule has 1 aromatic carbocycles. The number of anilines is 2. The zero-order chi connectivity index (χ0) is 19.1. The predicted octanol–water partition coefficient (Wildman–Crippen LogP) is 3.12. The molecule has 8 heteroatoms. The lowest BCUT2D eigenvalue weighted by Gasteiger charge is -2.25. The highest BCUT2D eigenvalue weighted by atomic mass is 32.1. The molecule has 3 rings (SSSR count). The molecular weight excluding hydrogens is 360 g/mol. The van der Waals surface area contributed by atoms with E-state index in [-0.39, 0.29) is 5.91 Å². The maximum atomic E-state index is 12.1. The Kier molecular flexibility index (Phi) is 6.45. The lowest BCUT2D eigenvalue weighted by molar-refractivity contribution is 0.102.